The van der Waals surface area contributed by atoms with Crippen LogP contribution < -0.4 is 5.73 Å². The second-order valence-electron chi connectivity index (χ2n) is 3.74. The minimum atomic E-state index is -0.865. The summed E-state index contributed by atoms with van der Waals surface area (Å²) >= 11 is 0. The number of nitrogens with zero attached hydrogens (tertiary/aromatic N) is 1. The predicted octanol–water partition coefficient (Wildman–Crippen LogP) is 1.85. The fourth-order valence-corrected chi connectivity index (χ4v) is 1.51. The van der Waals surface area contributed by atoms with Crippen molar-refractivity contribution < 1.29 is 14.8 Å². The molecule has 0 aromatic heterocycles. The van der Waals surface area contributed by atoms with Gasteiger partial charge in [0.2, 0.25) is 0 Å². The molecule has 1 aromatic carbocycles. The predicted molar refractivity (Wildman–Crippen MR) is 61.5 cm³/mol. The van der Waals surface area contributed by atoms with Gasteiger partial charge in [0.25, 0.3) is 5.69 Å². The first kappa shape index (κ1) is 13.1. The maximum atomic E-state index is 10.6. The van der Waals surface area contributed by atoms with E-state index in [4.69, 9.17) is 10.8 Å². The van der Waals surface area contributed by atoms with Gasteiger partial charge in [-0.15, -0.1) is 0 Å². The first-order chi connectivity index (χ1) is 8.00. The monoisotopic (exact) mass is 238 g/mol. The van der Waals surface area contributed by atoms with Crippen molar-refractivity contribution in [3.05, 3.63) is 39.9 Å². The third-order valence-electron chi connectivity index (χ3n) is 2.41. The molecule has 17 heavy (non-hydrogen) atoms. The van der Waals surface area contributed by atoms with Crippen molar-refractivity contribution >= 4 is 11.7 Å². The van der Waals surface area contributed by atoms with Crippen molar-refractivity contribution in [1.82, 2.24) is 0 Å². The van der Waals surface area contributed by atoms with Crippen molar-refractivity contribution in [2.24, 2.45) is 5.73 Å². The molecule has 0 saturated heterocycles. The molecule has 0 bridgehead atoms. The van der Waals surface area contributed by atoms with Gasteiger partial charge >= 0.3 is 5.97 Å². The van der Waals surface area contributed by atoms with E-state index in [0.717, 1.165) is 0 Å². The Labute approximate surface area is 98.2 Å². The van der Waals surface area contributed by atoms with E-state index in [9.17, 15) is 14.9 Å². The number of hydrogen-bond donors (Lipinski definition) is 2. The van der Waals surface area contributed by atoms with Crippen molar-refractivity contribution in [2.45, 2.75) is 25.3 Å². The van der Waals surface area contributed by atoms with E-state index in [1.54, 1.807) is 12.1 Å². The highest BCUT2D eigenvalue weighted by Gasteiger charge is 2.11. The molecule has 0 radical (unpaired) electrons. The molecule has 0 saturated carbocycles. The lowest BCUT2D eigenvalue weighted by atomic mass is 10.0. The summed E-state index contributed by atoms with van der Waals surface area (Å²) in [5, 5.41) is 19.0. The maximum absolute atomic E-state index is 10.6. The van der Waals surface area contributed by atoms with E-state index >= 15 is 0 Å². The van der Waals surface area contributed by atoms with Crippen LogP contribution in [-0.2, 0) is 4.79 Å². The molecule has 0 spiro atoms. The third-order valence-corrected chi connectivity index (χ3v) is 2.41. The summed E-state index contributed by atoms with van der Waals surface area (Å²) < 4.78 is 0. The van der Waals surface area contributed by atoms with Crippen molar-refractivity contribution in [1.29, 1.82) is 0 Å². The standard InChI is InChI=1S/C11H14N2O4/c12-10(5-2-6-11(14)15)8-3-1-4-9(7-8)13(16)17/h1,3-4,7,10H,2,5-6,12H2,(H,14,15). The van der Waals surface area contributed by atoms with Gasteiger partial charge < -0.3 is 10.8 Å². The van der Waals surface area contributed by atoms with Crippen LogP contribution in [0.25, 0.3) is 0 Å². The van der Waals surface area contributed by atoms with E-state index in [1.165, 1.54) is 12.1 Å². The molecule has 1 rings (SSSR count). The van der Waals surface area contributed by atoms with Gasteiger partial charge in [-0.25, -0.2) is 0 Å². The van der Waals surface area contributed by atoms with Gasteiger partial charge in [0.15, 0.2) is 0 Å². The highest BCUT2D eigenvalue weighted by Crippen LogP contribution is 2.21. The quantitative estimate of drug-likeness (QED) is 0.581. The van der Waals surface area contributed by atoms with Crippen LogP contribution in [0.15, 0.2) is 24.3 Å². The topological polar surface area (TPSA) is 106 Å². The van der Waals surface area contributed by atoms with E-state index in [2.05, 4.69) is 0 Å². The van der Waals surface area contributed by atoms with Crippen LogP contribution in [0.4, 0.5) is 5.69 Å². The highest BCUT2D eigenvalue weighted by atomic mass is 16.6. The second-order valence-corrected chi connectivity index (χ2v) is 3.74. The van der Waals surface area contributed by atoms with Gasteiger partial charge in [0, 0.05) is 24.6 Å². The normalized spacial score (nSPS) is 12.1. The molecular formula is C11H14N2O4. The molecule has 0 aliphatic carbocycles. The summed E-state index contributed by atoms with van der Waals surface area (Å²) in [6.07, 6.45) is 1.01. The molecule has 1 unspecified atom stereocenters. The van der Waals surface area contributed by atoms with Crippen molar-refractivity contribution in [3.8, 4) is 0 Å². The van der Waals surface area contributed by atoms with Crippen LogP contribution in [0, 0.1) is 10.1 Å². The fourth-order valence-electron chi connectivity index (χ4n) is 1.51. The zero-order chi connectivity index (χ0) is 12.8. The van der Waals surface area contributed by atoms with Gasteiger partial charge in [-0.1, -0.05) is 12.1 Å². The Hall–Kier alpha value is -1.95. The first-order valence-electron chi connectivity index (χ1n) is 5.22. The molecule has 0 aliphatic heterocycles. The lowest BCUT2D eigenvalue weighted by molar-refractivity contribution is -0.384. The maximum Gasteiger partial charge on any atom is 0.303 e. The van der Waals surface area contributed by atoms with Crippen LogP contribution in [-0.4, -0.2) is 16.0 Å². The van der Waals surface area contributed by atoms with E-state index < -0.39 is 10.9 Å². The first-order valence-corrected chi connectivity index (χ1v) is 5.22. The summed E-state index contributed by atoms with van der Waals surface area (Å²) in [6, 6.07) is 5.73. The number of carboxylic acids is 1. The number of rotatable bonds is 6. The molecule has 92 valence electrons. The van der Waals surface area contributed by atoms with Gasteiger partial charge in [-0.05, 0) is 18.4 Å². The summed E-state index contributed by atoms with van der Waals surface area (Å²) in [6.45, 7) is 0. The minimum absolute atomic E-state index is 0.00353. The Morgan fingerprint density at radius 3 is 2.82 bits per heavy atom. The Morgan fingerprint density at radius 2 is 2.24 bits per heavy atom. The summed E-state index contributed by atoms with van der Waals surface area (Å²) in [5.41, 5.74) is 6.49. The Bertz CT molecular complexity index is 420. The van der Waals surface area contributed by atoms with Crippen LogP contribution in [0.2, 0.25) is 0 Å². The number of carboxylic acid groups (broad SMARTS) is 1. The summed E-state index contributed by atoms with van der Waals surface area (Å²) in [5.74, 6) is -0.865. The Kier molecular flexibility index (Phi) is 4.59. The molecule has 3 N–H and O–H groups in total. The number of nitro benzene ring substituents is 1. The minimum Gasteiger partial charge on any atom is -0.481 e. The lowest BCUT2D eigenvalue weighted by Gasteiger charge is -2.10. The zero-order valence-electron chi connectivity index (χ0n) is 9.20. The average Bonchev–Trinajstić information content (AvgIpc) is 2.28. The molecule has 1 atom stereocenters. The van der Waals surface area contributed by atoms with Crippen LogP contribution in [0.3, 0.4) is 0 Å². The Balaban J connectivity index is 2.62. The molecule has 1 aromatic rings. The highest BCUT2D eigenvalue weighted by molar-refractivity contribution is 5.66. The molecular weight excluding hydrogens is 224 g/mol. The summed E-state index contributed by atoms with van der Waals surface area (Å²) in [4.78, 5) is 20.4. The molecule has 0 heterocycles. The largest absolute Gasteiger partial charge is 0.481 e. The SMILES string of the molecule is NC(CCCC(=O)O)c1cccc([N+](=O)[O-])c1. The average molecular weight is 238 g/mol. The van der Waals surface area contributed by atoms with Crippen LogP contribution >= 0.6 is 0 Å². The molecule has 0 amide bonds. The number of benzene rings is 1. The number of hydrogen-bond acceptors (Lipinski definition) is 4. The smallest absolute Gasteiger partial charge is 0.303 e. The van der Waals surface area contributed by atoms with Crippen molar-refractivity contribution in [3.63, 3.8) is 0 Å². The van der Waals surface area contributed by atoms with Crippen molar-refractivity contribution in [2.75, 3.05) is 0 Å². The third kappa shape index (κ3) is 4.20. The number of nitrogens with two attached hydrogens (primary N) is 1. The molecule has 6 nitrogen and oxygen atoms in total. The van der Waals surface area contributed by atoms with E-state index in [1.807, 2.05) is 0 Å². The van der Waals surface area contributed by atoms with Gasteiger partial charge in [0.1, 0.15) is 0 Å². The van der Waals surface area contributed by atoms with Gasteiger partial charge in [-0.3, -0.25) is 14.9 Å². The number of carbonyl (C=O) groups is 1. The zero-order valence-corrected chi connectivity index (χ0v) is 9.20. The Morgan fingerprint density at radius 1 is 1.53 bits per heavy atom. The van der Waals surface area contributed by atoms with E-state index in [-0.39, 0.29) is 18.2 Å². The van der Waals surface area contributed by atoms with Crippen LogP contribution in [0.1, 0.15) is 30.9 Å². The molecule has 6 heteroatoms. The van der Waals surface area contributed by atoms with Crippen LogP contribution in [0.5, 0.6) is 0 Å². The summed E-state index contributed by atoms with van der Waals surface area (Å²) in [7, 11) is 0. The van der Waals surface area contributed by atoms with Gasteiger partial charge in [0.05, 0.1) is 4.92 Å². The lowest BCUT2D eigenvalue weighted by Crippen LogP contribution is -2.11. The van der Waals surface area contributed by atoms with E-state index in [0.29, 0.717) is 18.4 Å². The molecule has 0 fully saturated rings. The second kappa shape index (κ2) is 5.95. The van der Waals surface area contributed by atoms with Gasteiger partial charge in [-0.2, -0.15) is 0 Å². The fraction of sp³-hybridized carbons (Fsp3) is 0.364. The number of non-ortho nitro benzene ring substituents is 1. The molecule has 0 aliphatic rings. The number of aliphatic carboxylic acids is 1. The number of nitro groups is 1.